The molecule has 0 spiro atoms. The van der Waals surface area contributed by atoms with Crippen LogP contribution in [0.4, 0.5) is 5.69 Å². The number of anilines is 1. The van der Waals surface area contributed by atoms with Gasteiger partial charge in [0.25, 0.3) is 5.91 Å². The number of rotatable bonds is 10. The molecule has 8 nitrogen and oxygen atoms in total. The molecule has 30 heavy (non-hydrogen) atoms. The van der Waals surface area contributed by atoms with Gasteiger partial charge in [0.1, 0.15) is 18.2 Å². The van der Waals surface area contributed by atoms with Crippen LogP contribution in [-0.4, -0.2) is 59.2 Å². The highest BCUT2D eigenvalue weighted by atomic mass is 32.1. The quantitative estimate of drug-likeness (QED) is 0.600. The second-order valence-corrected chi connectivity index (χ2v) is 8.61. The summed E-state index contributed by atoms with van der Waals surface area (Å²) in [5.74, 6) is -0.460. The molecule has 2 heterocycles. The van der Waals surface area contributed by atoms with Gasteiger partial charge in [-0.15, -0.1) is 10.2 Å². The van der Waals surface area contributed by atoms with Crippen LogP contribution in [0.5, 0.6) is 0 Å². The second kappa shape index (κ2) is 11.1. The van der Waals surface area contributed by atoms with Gasteiger partial charge in [0.15, 0.2) is 0 Å². The van der Waals surface area contributed by atoms with Crippen molar-refractivity contribution in [2.24, 2.45) is 0 Å². The molecule has 1 atom stereocenters. The first-order valence-electron chi connectivity index (χ1n) is 10.3. The summed E-state index contributed by atoms with van der Waals surface area (Å²) in [6, 6.07) is 8.01. The minimum absolute atomic E-state index is 0.0391. The Hall–Kier alpha value is -2.36. The number of nitrogens with one attached hydrogen (secondary N) is 2. The van der Waals surface area contributed by atoms with Crippen molar-refractivity contribution in [1.29, 1.82) is 0 Å². The first-order valence-corrected chi connectivity index (χ1v) is 11.1. The Morgan fingerprint density at radius 2 is 1.93 bits per heavy atom. The summed E-state index contributed by atoms with van der Waals surface area (Å²) in [7, 11) is 0. The van der Waals surface area contributed by atoms with Crippen molar-refractivity contribution < 1.29 is 14.3 Å². The molecule has 0 radical (unpaired) electrons. The van der Waals surface area contributed by atoms with Crippen LogP contribution in [0.3, 0.4) is 0 Å². The number of hydrogen-bond donors (Lipinski definition) is 2. The normalized spacial score (nSPS) is 15.1. The van der Waals surface area contributed by atoms with Gasteiger partial charge in [0.05, 0.1) is 0 Å². The number of hydrogen-bond acceptors (Lipinski definition) is 7. The molecule has 0 unspecified atom stereocenters. The SMILES string of the molecule is Cc1ccc(NC(=O)c2nnc(COCC(=O)NCC[C@@H](C)N3CCCC3)s2)cc1. The Morgan fingerprint density at radius 3 is 2.67 bits per heavy atom. The van der Waals surface area contributed by atoms with Gasteiger partial charge >= 0.3 is 0 Å². The molecule has 1 aromatic carbocycles. The number of benzene rings is 1. The van der Waals surface area contributed by atoms with Crippen molar-refractivity contribution >= 4 is 28.8 Å². The predicted molar refractivity (Wildman–Crippen MR) is 117 cm³/mol. The van der Waals surface area contributed by atoms with Gasteiger partial charge in [-0.25, -0.2) is 0 Å². The number of amides is 2. The molecule has 3 rings (SSSR count). The third-order valence-corrected chi connectivity index (χ3v) is 5.97. The fourth-order valence-corrected chi connectivity index (χ4v) is 3.97. The number of likely N-dealkylation sites (tertiary alicyclic amines) is 1. The van der Waals surface area contributed by atoms with E-state index >= 15 is 0 Å². The molecule has 0 bridgehead atoms. The summed E-state index contributed by atoms with van der Waals surface area (Å²) < 4.78 is 5.42. The van der Waals surface area contributed by atoms with E-state index in [1.165, 1.54) is 12.8 Å². The number of carbonyl (C=O) groups excluding carboxylic acids is 2. The number of ether oxygens (including phenoxy) is 1. The molecule has 1 aliphatic rings. The molecule has 0 saturated carbocycles. The van der Waals surface area contributed by atoms with Crippen molar-refractivity contribution in [3.8, 4) is 0 Å². The molecular weight excluding hydrogens is 402 g/mol. The Balaban J connectivity index is 1.33. The van der Waals surface area contributed by atoms with Crippen LogP contribution in [0.2, 0.25) is 0 Å². The highest BCUT2D eigenvalue weighted by molar-refractivity contribution is 7.13. The summed E-state index contributed by atoms with van der Waals surface area (Å²) in [5, 5.41) is 14.4. The van der Waals surface area contributed by atoms with E-state index in [0.717, 1.165) is 36.4 Å². The molecule has 0 aliphatic carbocycles. The van der Waals surface area contributed by atoms with Crippen LogP contribution < -0.4 is 10.6 Å². The monoisotopic (exact) mass is 431 g/mol. The zero-order valence-electron chi connectivity index (χ0n) is 17.5. The van der Waals surface area contributed by atoms with Crippen molar-refractivity contribution in [3.63, 3.8) is 0 Å². The number of carbonyl (C=O) groups is 2. The number of nitrogens with zero attached hydrogens (tertiary/aromatic N) is 3. The van der Waals surface area contributed by atoms with Gasteiger partial charge < -0.3 is 20.3 Å². The van der Waals surface area contributed by atoms with E-state index in [9.17, 15) is 9.59 Å². The van der Waals surface area contributed by atoms with Gasteiger partial charge in [0, 0.05) is 18.3 Å². The average molecular weight is 432 g/mol. The lowest BCUT2D eigenvalue weighted by Gasteiger charge is -2.23. The molecular formula is C21H29N5O3S. The summed E-state index contributed by atoms with van der Waals surface area (Å²) in [6.07, 6.45) is 3.47. The van der Waals surface area contributed by atoms with Crippen molar-refractivity contribution in [2.45, 2.75) is 45.8 Å². The highest BCUT2D eigenvalue weighted by Gasteiger charge is 2.18. The van der Waals surface area contributed by atoms with Crippen LogP contribution in [0.25, 0.3) is 0 Å². The molecule has 162 valence electrons. The maximum atomic E-state index is 12.3. The Labute approximate surface area is 181 Å². The molecule has 1 aromatic heterocycles. The van der Waals surface area contributed by atoms with Gasteiger partial charge in [0.2, 0.25) is 10.9 Å². The van der Waals surface area contributed by atoms with E-state index in [1.807, 2.05) is 31.2 Å². The molecule has 9 heteroatoms. The molecule has 2 amide bonds. The first-order chi connectivity index (χ1) is 14.5. The second-order valence-electron chi connectivity index (χ2n) is 7.54. The zero-order chi connectivity index (χ0) is 21.3. The minimum atomic E-state index is -0.313. The third kappa shape index (κ3) is 6.86. The van der Waals surface area contributed by atoms with Crippen LogP contribution in [0.1, 0.15) is 46.6 Å². The van der Waals surface area contributed by atoms with Crippen LogP contribution in [-0.2, 0) is 16.1 Å². The fourth-order valence-electron chi connectivity index (χ4n) is 3.29. The summed E-state index contributed by atoms with van der Waals surface area (Å²) in [6.45, 7) is 7.25. The van der Waals surface area contributed by atoms with Crippen molar-refractivity contribution in [3.05, 3.63) is 39.8 Å². The maximum Gasteiger partial charge on any atom is 0.286 e. The summed E-state index contributed by atoms with van der Waals surface area (Å²) in [4.78, 5) is 26.6. The average Bonchev–Trinajstić information content (AvgIpc) is 3.42. The van der Waals surface area contributed by atoms with Crippen LogP contribution >= 0.6 is 11.3 Å². The van der Waals surface area contributed by atoms with E-state index < -0.39 is 0 Å². The van der Waals surface area contributed by atoms with E-state index in [0.29, 0.717) is 23.3 Å². The fraction of sp³-hybridized carbons (Fsp3) is 0.524. The van der Waals surface area contributed by atoms with Gasteiger partial charge in [-0.05, 0) is 58.3 Å². The standard InChI is InChI=1S/C21H29N5O3S/c1-15-5-7-17(8-6-15)23-20(28)21-25-24-19(30-21)14-29-13-18(27)22-10-9-16(2)26-11-3-4-12-26/h5-8,16H,3-4,9-14H2,1-2H3,(H,22,27)(H,23,28)/t16-/m1/s1. The third-order valence-electron chi connectivity index (χ3n) is 5.08. The van der Waals surface area contributed by atoms with E-state index in [-0.39, 0.29) is 30.0 Å². The molecule has 2 aromatic rings. The predicted octanol–water partition coefficient (Wildman–Crippen LogP) is 2.61. The number of aryl methyl sites for hydroxylation is 1. The van der Waals surface area contributed by atoms with E-state index in [2.05, 4.69) is 32.7 Å². The van der Waals surface area contributed by atoms with E-state index in [1.54, 1.807) is 0 Å². The first kappa shape index (κ1) is 22.3. The van der Waals surface area contributed by atoms with Gasteiger partial charge in [-0.1, -0.05) is 29.0 Å². The van der Waals surface area contributed by atoms with Crippen molar-refractivity contribution in [2.75, 3.05) is 31.6 Å². The molecule has 1 fully saturated rings. The molecule has 2 N–H and O–H groups in total. The summed E-state index contributed by atoms with van der Waals surface area (Å²) in [5.41, 5.74) is 1.82. The minimum Gasteiger partial charge on any atom is -0.364 e. The Morgan fingerprint density at radius 1 is 1.20 bits per heavy atom. The zero-order valence-corrected chi connectivity index (χ0v) is 18.3. The van der Waals surface area contributed by atoms with E-state index in [4.69, 9.17) is 4.74 Å². The topological polar surface area (TPSA) is 96.5 Å². The Kier molecular flexibility index (Phi) is 8.30. The van der Waals surface area contributed by atoms with Crippen molar-refractivity contribution in [1.82, 2.24) is 20.4 Å². The largest absolute Gasteiger partial charge is 0.364 e. The number of aromatic nitrogens is 2. The molecule has 1 aliphatic heterocycles. The van der Waals surface area contributed by atoms with Gasteiger partial charge in [-0.3, -0.25) is 9.59 Å². The Bertz CT molecular complexity index is 833. The van der Waals surface area contributed by atoms with Crippen LogP contribution in [0, 0.1) is 6.92 Å². The molecule has 1 saturated heterocycles. The lowest BCUT2D eigenvalue weighted by molar-refractivity contribution is -0.126. The van der Waals surface area contributed by atoms with Crippen LogP contribution in [0.15, 0.2) is 24.3 Å². The van der Waals surface area contributed by atoms with Gasteiger partial charge in [-0.2, -0.15) is 0 Å². The lowest BCUT2D eigenvalue weighted by Crippen LogP contribution is -2.35. The summed E-state index contributed by atoms with van der Waals surface area (Å²) >= 11 is 1.15. The lowest BCUT2D eigenvalue weighted by atomic mass is 10.2. The maximum absolute atomic E-state index is 12.3. The highest BCUT2D eigenvalue weighted by Crippen LogP contribution is 2.15. The smallest absolute Gasteiger partial charge is 0.286 e.